The number of hydrogen-bond acceptors (Lipinski definition) is 6. The summed E-state index contributed by atoms with van der Waals surface area (Å²) in [5.41, 5.74) is 1.58. The fourth-order valence-corrected chi connectivity index (χ4v) is 3.64. The van der Waals surface area contributed by atoms with Crippen LogP contribution in [0.3, 0.4) is 0 Å². The first-order valence-corrected chi connectivity index (χ1v) is 10.8. The molecule has 0 fully saturated rings. The van der Waals surface area contributed by atoms with Gasteiger partial charge in [-0.15, -0.1) is 0 Å². The van der Waals surface area contributed by atoms with Crippen LogP contribution >= 0.6 is 0 Å². The molecule has 0 unspecified atom stereocenters. The molecule has 0 atom stereocenters. The van der Waals surface area contributed by atoms with Crippen LogP contribution in [-0.2, 0) is 21.4 Å². The van der Waals surface area contributed by atoms with E-state index in [9.17, 15) is 18.0 Å². The molecule has 0 spiro atoms. The second-order valence-corrected chi connectivity index (χ2v) is 8.11. The molecule has 0 aliphatic rings. The molecule has 0 saturated carbocycles. The standard InChI is InChI=1S/C20H21N5O4S/c1-2-19(26)23-16-3-5-17(6-4-16)30(28,29)22-13-14-25-20(27)8-7-18(24-25)15-9-11-21-12-10-15/h3-12,22H,2,13-14H2,1H3,(H,23,26). The van der Waals surface area contributed by atoms with Crippen molar-refractivity contribution in [2.75, 3.05) is 11.9 Å². The molecule has 0 aliphatic carbocycles. The van der Waals surface area contributed by atoms with Gasteiger partial charge in [0.1, 0.15) is 0 Å². The van der Waals surface area contributed by atoms with E-state index in [4.69, 9.17) is 0 Å². The Morgan fingerprint density at radius 3 is 2.40 bits per heavy atom. The zero-order valence-electron chi connectivity index (χ0n) is 16.3. The summed E-state index contributed by atoms with van der Waals surface area (Å²) in [6, 6.07) is 12.4. The minimum absolute atomic E-state index is 0.0106. The van der Waals surface area contributed by atoms with Gasteiger partial charge in [-0.05, 0) is 42.5 Å². The monoisotopic (exact) mass is 427 g/mol. The van der Waals surface area contributed by atoms with Crippen molar-refractivity contribution in [3.8, 4) is 11.3 Å². The maximum atomic E-state index is 12.5. The lowest BCUT2D eigenvalue weighted by molar-refractivity contribution is -0.115. The highest BCUT2D eigenvalue weighted by molar-refractivity contribution is 7.89. The van der Waals surface area contributed by atoms with Crippen LogP contribution in [0.15, 0.2) is 70.6 Å². The van der Waals surface area contributed by atoms with Gasteiger partial charge in [0.2, 0.25) is 15.9 Å². The molecule has 10 heteroatoms. The average Bonchev–Trinajstić information content (AvgIpc) is 2.76. The molecule has 9 nitrogen and oxygen atoms in total. The van der Waals surface area contributed by atoms with Gasteiger partial charge in [-0.2, -0.15) is 5.10 Å². The Hall–Kier alpha value is -3.37. The summed E-state index contributed by atoms with van der Waals surface area (Å²) in [7, 11) is -3.77. The lowest BCUT2D eigenvalue weighted by Crippen LogP contribution is -2.32. The lowest BCUT2D eigenvalue weighted by atomic mass is 10.2. The molecule has 1 amide bonds. The summed E-state index contributed by atoms with van der Waals surface area (Å²) >= 11 is 0. The number of benzene rings is 1. The predicted molar refractivity (Wildman–Crippen MR) is 112 cm³/mol. The van der Waals surface area contributed by atoms with Gasteiger partial charge in [-0.25, -0.2) is 17.8 Å². The van der Waals surface area contributed by atoms with Crippen molar-refractivity contribution in [2.24, 2.45) is 0 Å². The number of sulfonamides is 1. The van der Waals surface area contributed by atoms with Gasteiger partial charge in [0.05, 0.1) is 17.1 Å². The lowest BCUT2D eigenvalue weighted by Gasteiger charge is -2.10. The van der Waals surface area contributed by atoms with Crippen molar-refractivity contribution in [1.29, 1.82) is 0 Å². The van der Waals surface area contributed by atoms with E-state index in [0.29, 0.717) is 17.8 Å². The third kappa shape index (κ3) is 5.37. The van der Waals surface area contributed by atoms with Crippen LogP contribution in [0.4, 0.5) is 5.69 Å². The quantitative estimate of drug-likeness (QED) is 0.563. The molecule has 0 aliphatic heterocycles. The Morgan fingerprint density at radius 1 is 1.03 bits per heavy atom. The number of hydrogen-bond donors (Lipinski definition) is 2. The zero-order valence-corrected chi connectivity index (χ0v) is 17.1. The fourth-order valence-electron chi connectivity index (χ4n) is 2.62. The third-order valence-electron chi connectivity index (χ3n) is 4.23. The topological polar surface area (TPSA) is 123 Å². The number of carbonyl (C=O) groups is 1. The molecular weight excluding hydrogens is 406 g/mol. The van der Waals surface area contributed by atoms with Crippen molar-refractivity contribution in [1.82, 2.24) is 19.5 Å². The molecule has 3 rings (SSSR count). The van der Waals surface area contributed by atoms with Crippen molar-refractivity contribution in [2.45, 2.75) is 24.8 Å². The van der Waals surface area contributed by atoms with Gasteiger partial charge in [0, 0.05) is 42.7 Å². The van der Waals surface area contributed by atoms with E-state index in [1.807, 2.05) is 0 Å². The summed E-state index contributed by atoms with van der Waals surface area (Å²) in [5, 5.41) is 6.94. The Balaban J connectivity index is 1.65. The first-order chi connectivity index (χ1) is 14.4. The van der Waals surface area contributed by atoms with Crippen LogP contribution < -0.4 is 15.6 Å². The molecule has 0 saturated heterocycles. The van der Waals surface area contributed by atoms with Crippen molar-refractivity contribution < 1.29 is 13.2 Å². The summed E-state index contributed by atoms with van der Waals surface area (Å²) < 4.78 is 28.6. The molecule has 2 heterocycles. The Morgan fingerprint density at radius 2 is 1.73 bits per heavy atom. The predicted octanol–water partition coefficient (Wildman–Crippen LogP) is 1.63. The Kier molecular flexibility index (Phi) is 6.70. The maximum absolute atomic E-state index is 12.5. The SMILES string of the molecule is CCC(=O)Nc1ccc(S(=O)(=O)NCCn2nc(-c3ccncc3)ccc2=O)cc1. The van der Waals surface area contributed by atoms with Gasteiger partial charge in [-0.3, -0.25) is 14.6 Å². The molecule has 0 bridgehead atoms. The van der Waals surface area contributed by atoms with E-state index in [0.717, 1.165) is 5.56 Å². The Labute approximate surface area is 173 Å². The zero-order chi connectivity index (χ0) is 21.6. The molecule has 2 aromatic heterocycles. The first-order valence-electron chi connectivity index (χ1n) is 9.27. The van der Waals surface area contributed by atoms with E-state index >= 15 is 0 Å². The summed E-state index contributed by atoms with van der Waals surface area (Å²) in [6.45, 7) is 1.79. The maximum Gasteiger partial charge on any atom is 0.266 e. The van der Waals surface area contributed by atoms with Gasteiger partial charge < -0.3 is 5.32 Å². The van der Waals surface area contributed by atoms with E-state index < -0.39 is 10.0 Å². The van der Waals surface area contributed by atoms with E-state index in [-0.39, 0.29) is 29.5 Å². The van der Waals surface area contributed by atoms with Crippen molar-refractivity contribution in [3.63, 3.8) is 0 Å². The number of nitrogens with zero attached hydrogens (tertiary/aromatic N) is 3. The number of amides is 1. The van der Waals surface area contributed by atoms with Gasteiger partial charge in [0.25, 0.3) is 5.56 Å². The highest BCUT2D eigenvalue weighted by Crippen LogP contribution is 2.15. The fraction of sp³-hybridized carbons (Fsp3) is 0.200. The average molecular weight is 427 g/mol. The number of aromatic nitrogens is 3. The van der Waals surface area contributed by atoms with E-state index in [1.165, 1.54) is 35.0 Å². The second-order valence-electron chi connectivity index (χ2n) is 6.34. The minimum Gasteiger partial charge on any atom is -0.326 e. The summed E-state index contributed by atoms with van der Waals surface area (Å²) in [5.74, 6) is -0.157. The molecular formula is C20H21N5O4S. The normalized spacial score (nSPS) is 11.2. The number of anilines is 1. The number of carbonyl (C=O) groups excluding carboxylic acids is 1. The first kappa shape index (κ1) is 21.3. The Bertz CT molecular complexity index is 1180. The van der Waals surface area contributed by atoms with E-state index in [2.05, 4.69) is 20.1 Å². The minimum atomic E-state index is -3.77. The summed E-state index contributed by atoms with van der Waals surface area (Å²) in [6.07, 6.45) is 3.58. The van der Waals surface area contributed by atoms with Crippen LogP contribution in [-0.4, -0.2) is 35.6 Å². The second kappa shape index (κ2) is 9.42. The number of rotatable bonds is 8. The van der Waals surface area contributed by atoms with Gasteiger partial charge in [0.15, 0.2) is 0 Å². The van der Waals surface area contributed by atoms with Crippen LogP contribution in [0.2, 0.25) is 0 Å². The van der Waals surface area contributed by atoms with Crippen LogP contribution in [0.25, 0.3) is 11.3 Å². The molecule has 30 heavy (non-hydrogen) atoms. The molecule has 2 N–H and O–H groups in total. The molecule has 3 aromatic rings. The third-order valence-corrected chi connectivity index (χ3v) is 5.70. The van der Waals surface area contributed by atoms with Crippen molar-refractivity contribution in [3.05, 3.63) is 71.3 Å². The van der Waals surface area contributed by atoms with Gasteiger partial charge >= 0.3 is 0 Å². The molecule has 156 valence electrons. The van der Waals surface area contributed by atoms with Crippen LogP contribution in [0.1, 0.15) is 13.3 Å². The van der Waals surface area contributed by atoms with Gasteiger partial charge in [-0.1, -0.05) is 6.92 Å². The van der Waals surface area contributed by atoms with E-state index in [1.54, 1.807) is 37.5 Å². The number of nitrogens with one attached hydrogen (secondary N) is 2. The van der Waals surface area contributed by atoms with Crippen molar-refractivity contribution >= 4 is 21.6 Å². The smallest absolute Gasteiger partial charge is 0.266 e. The largest absolute Gasteiger partial charge is 0.326 e. The van der Waals surface area contributed by atoms with Crippen LogP contribution in [0.5, 0.6) is 0 Å². The highest BCUT2D eigenvalue weighted by atomic mass is 32.2. The molecule has 1 aromatic carbocycles. The molecule has 0 radical (unpaired) electrons. The number of pyridine rings is 1. The highest BCUT2D eigenvalue weighted by Gasteiger charge is 2.14. The van der Waals surface area contributed by atoms with Crippen LogP contribution in [0, 0.1) is 0 Å². The summed E-state index contributed by atoms with van der Waals surface area (Å²) in [4.78, 5) is 27.5.